The average molecular weight is 246 g/mol. The van der Waals surface area contributed by atoms with Crippen LogP contribution in [0, 0.1) is 5.92 Å². The van der Waals surface area contributed by atoms with Crippen LogP contribution in [-0.2, 0) is 0 Å². The lowest BCUT2D eigenvalue weighted by Gasteiger charge is -2.20. The number of nitrogens with zero attached hydrogens (tertiary/aromatic N) is 1. The first-order chi connectivity index (χ1) is 8.84. The summed E-state index contributed by atoms with van der Waals surface area (Å²) in [6, 6.07) is 10.5. The molecule has 2 rings (SSSR count). The van der Waals surface area contributed by atoms with Crippen molar-refractivity contribution in [1.82, 2.24) is 4.90 Å². The fourth-order valence-electron chi connectivity index (χ4n) is 2.64. The molecule has 18 heavy (non-hydrogen) atoms. The van der Waals surface area contributed by atoms with Crippen molar-refractivity contribution in [2.24, 2.45) is 5.92 Å². The summed E-state index contributed by atoms with van der Waals surface area (Å²) in [5.74, 6) is 0.928. The molecule has 0 radical (unpaired) electrons. The molecule has 1 N–H and O–H groups in total. The van der Waals surface area contributed by atoms with Gasteiger partial charge in [-0.2, -0.15) is 0 Å². The molecule has 1 atom stereocenters. The molecular formula is C16H26N2. The maximum absolute atomic E-state index is 3.48. The summed E-state index contributed by atoms with van der Waals surface area (Å²) >= 11 is 0. The van der Waals surface area contributed by atoms with Gasteiger partial charge in [-0.05, 0) is 63.4 Å². The number of para-hydroxylation sites is 1. The standard InChI is InChI=1S/C16H26N2/c1-15-7-5-12-18(14-10-15)13-6-11-17-16-8-3-2-4-9-16/h2-4,8-9,15,17H,5-7,10-14H2,1H3. The van der Waals surface area contributed by atoms with Crippen LogP contribution in [0.3, 0.4) is 0 Å². The van der Waals surface area contributed by atoms with Crippen LogP contribution in [0.5, 0.6) is 0 Å². The monoisotopic (exact) mass is 246 g/mol. The lowest BCUT2D eigenvalue weighted by atomic mass is 10.0. The Morgan fingerprint density at radius 1 is 1.17 bits per heavy atom. The minimum Gasteiger partial charge on any atom is -0.385 e. The van der Waals surface area contributed by atoms with Gasteiger partial charge in [0.25, 0.3) is 0 Å². The van der Waals surface area contributed by atoms with E-state index in [-0.39, 0.29) is 0 Å². The summed E-state index contributed by atoms with van der Waals surface area (Å²) in [6.45, 7) is 7.31. The third-order valence-corrected chi connectivity index (χ3v) is 3.86. The summed E-state index contributed by atoms with van der Waals surface area (Å²) in [4.78, 5) is 2.64. The van der Waals surface area contributed by atoms with Crippen LogP contribution < -0.4 is 5.32 Å². The molecule has 0 spiro atoms. The van der Waals surface area contributed by atoms with E-state index in [1.165, 1.54) is 51.0 Å². The van der Waals surface area contributed by atoms with Crippen molar-refractivity contribution >= 4 is 5.69 Å². The predicted octanol–water partition coefficient (Wildman–Crippen LogP) is 3.61. The van der Waals surface area contributed by atoms with Crippen LogP contribution in [0.15, 0.2) is 30.3 Å². The Hall–Kier alpha value is -1.02. The van der Waals surface area contributed by atoms with Crippen molar-refractivity contribution in [1.29, 1.82) is 0 Å². The van der Waals surface area contributed by atoms with E-state index >= 15 is 0 Å². The molecule has 0 aliphatic carbocycles. The highest BCUT2D eigenvalue weighted by Crippen LogP contribution is 2.16. The molecule has 1 unspecified atom stereocenters. The van der Waals surface area contributed by atoms with Gasteiger partial charge >= 0.3 is 0 Å². The van der Waals surface area contributed by atoms with E-state index in [0.717, 1.165) is 12.5 Å². The predicted molar refractivity (Wildman–Crippen MR) is 79.0 cm³/mol. The Morgan fingerprint density at radius 3 is 2.83 bits per heavy atom. The van der Waals surface area contributed by atoms with Gasteiger partial charge in [0.15, 0.2) is 0 Å². The summed E-state index contributed by atoms with van der Waals surface area (Å²) in [6.07, 6.45) is 5.42. The maximum atomic E-state index is 3.48. The van der Waals surface area contributed by atoms with Gasteiger partial charge in [-0.15, -0.1) is 0 Å². The van der Waals surface area contributed by atoms with Crippen LogP contribution in [0.1, 0.15) is 32.6 Å². The molecule has 1 aromatic carbocycles. The Balaban J connectivity index is 1.60. The number of likely N-dealkylation sites (tertiary alicyclic amines) is 1. The molecule has 2 nitrogen and oxygen atoms in total. The smallest absolute Gasteiger partial charge is 0.0340 e. The van der Waals surface area contributed by atoms with Crippen LogP contribution >= 0.6 is 0 Å². The second-order valence-corrected chi connectivity index (χ2v) is 5.52. The SMILES string of the molecule is CC1CCCN(CCCNc2ccccc2)CC1. The first-order valence-corrected chi connectivity index (χ1v) is 7.36. The second kappa shape index (κ2) is 7.42. The van der Waals surface area contributed by atoms with E-state index in [2.05, 4.69) is 47.5 Å². The van der Waals surface area contributed by atoms with Gasteiger partial charge in [-0.25, -0.2) is 0 Å². The highest BCUT2D eigenvalue weighted by Gasteiger charge is 2.12. The first kappa shape index (κ1) is 13.4. The third-order valence-electron chi connectivity index (χ3n) is 3.86. The molecule has 1 aromatic rings. The molecule has 1 heterocycles. The van der Waals surface area contributed by atoms with E-state index in [1.54, 1.807) is 0 Å². The highest BCUT2D eigenvalue weighted by atomic mass is 15.1. The van der Waals surface area contributed by atoms with Crippen LogP contribution in [0.2, 0.25) is 0 Å². The molecule has 100 valence electrons. The van der Waals surface area contributed by atoms with Gasteiger partial charge in [0.2, 0.25) is 0 Å². The second-order valence-electron chi connectivity index (χ2n) is 5.52. The lowest BCUT2D eigenvalue weighted by Crippen LogP contribution is -2.27. The number of benzene rings is 1. The Bertz CT molecular complexity index is 323. The number of hydrogen-bond acceptors (Lipinski definition) is 2. The zero-order valence-corrected chi connectivity index (χ0v) is 11.6. The fourth-order valence-corrected chi connectivity index (χ4v) is 2.64. The fraction of sp³-hybridized carbons (Fsp3) is 0.625. The van der Waals surface area contributed by atoms with Crippen molar-refractivity contribution in [2.45, 2.75) is 32.6 Å². The van der Waals surface area contributed by atoms with Gasteiger partial charge in [0, 0.05) is 12.2 Å². The average Bonchev–Trinajstić information content (AvgIpc) is 2.61. The molecule has 0 amide bonds. The summed E-state index contributed by atoms with van der Waals surface area (Å²) in [7, 11) is 0. The largest absolute Gasteiger partial charge is 0.385 e. The molecule has 0 aromatic heterocycles. The molecular weight excluding hydrogens is 220 g/mol. The molecule has 1 aliphatic rings. The zero-order valence-electron chi connectivity index (χ0n) is 11.6. The van der Waals surface area contributed by atoms with Gasteiger partial charge in [-0.1, -0.05) is 25.1 Å². The molecule has 1 aliphatic heterocycles. The van der Waals surface area contributed by atoms with E-state index in [0.29, 0.717) is 0 Å². The van der Waals surface area contributed by atoms with Crippen molar-refractivity contribution < 1.29 is 0 Å². The minimum atomic E-state index is 0.928. The van der Waals surface area contributed by atoms with Crippen molar-refractivity contribution in [3.63, 3.8) is 0 Å². The Labute approximate surface area is 111 Å². The number of rotatable bonds is 5. The van der Waals surface area contributed by atoms with Gasteiger partial charge < -0.3 is 10.2 Å². The Kier molecular flexibility index (Phi) is 5.53. The maximum Gasteiger partial charge on any atom is 0.0340 e. The molecule has 0 bridgehead atoms. The van der Waals surface area contributed by atoms with Gasteiger partial charge in [0.05, 0.1) is 0 Å². The van der Waals surface area contributed by atoms with Crippen molar-refractivity contribution in [2.75, 3.05) is 31.5 Å². The van der Waals surface area contributed by atoms with Gasteiger partial charge in [0.1, 0.15) is 0 Å². The Morgan fingerprint density at radius 2 is 2.00 bits per heavy atom. The van der Waals surface area contributed by atoms with Crippen LogP contribution in [0.25, 0.3) is 0 Å². The zero-order chi connectivity index (χ0) is 12.6. The van der Waals surface area contributed by atoms with Crippen molar-refractivity contribution in [3.8, 4) is 0 Å². The van der Waals surface area contributed by atoms with Crippen molar-refractivity contribution in [3.05, 3.63) is 30.3 Å². The number of nitrogens with one attached hydrogen (secondary N) is 1. The molecule has 0 saturated carbocycles. The topological polar surface area (TPSA) is 15.3 Å². The lowest BCUT2D eigenvalue weighted by molar-refractivity contribution is 0.281. The van der Waals surface area contributed by atoms with E-state index < -0.39 is 0 Å². The highest BCUT2D eigenvalue weighted by molar-refractivity contribution is 5.42. The summed E-state index contributed by atoms with van der Waals surface area (Å²) < 4.78 is 0. The van der Waals surface area contributed by atoms with Crippen LogP contribution in [0.4, 0.5) is 5.69 Å². The quantitative estimate of drug-likeness (QED) is 0.798. The third kappa shape index (κ3) is 4.69. The number of anilines is 1. The molecule has 1 fully saturated rings. The van der Waals surface area contributed by atoms with Gasteiger partial charge in [-0.3, -0.25) is 0 Å². The minimum absolute atomic E-state index is 0.928. The van der Waals surface area contributed by atoms with E-state index in [1.807, 2.05) is 0 Å². The first-order valence-electron chi connectivity index (χ1n) is 7.36. The number of hydrogen-bond donors (Lipinski definition) is 1. The summed E-state index contributed by atoms with van der Waals surface area (Å²) in [5, 5.41) is 3.48. The van der Waals surface area contributed by atoms with Crippen LogP contribution in [-0.4, -0.2) is 31.1 Å². The molecule has 2 heteroatoms. The normalized spacial score (nSPS) is 21.5. The van der Waals surface area contributed by atoms with E-state index in [4.69, 9.17) is 0 Å². The van der Waals surface area contributed by atoms with E-state index in [9.17, 15) is 0 Å². The summed E-state index contributed by atoms with van der Waals surface area (Å²) in [5.41, 5.74) is 1.24. The molecule has 1 saturated heterocycles.